The normalized spacial score (nSPS) is 14.7. The van der Waals surface area contributed by atoms with E-state index in [0.717, 1.165) is 37.1 Å². The van der Waals surface area contributed by atoms with Crippen LogP contribution in [0.15, 0.2) is 18.2 Å². The molecule has 0 unspecified atom stereocenters. The van der Waals surface area contributed by atoms with Crippen molar-refractivity contribution in [3.05, 3.63) is 23.8 Å². The van der Waals surface area contributed by atoms with Crippen LogP contribution in [0, 0.1) is 5.92 Å². The zero-order chi connectivity index (χ0) is 12.1. The van der Waals surface area contributed by atoms with Gasteiger partial charge < -0.3 is 14.8 Å². The van der Waals surface area contributed by atoms with Crippen molar-refractivity contribution in [1.82, 2.24) is 5.32 Å². The number of hydrogen-bond donors (Lipinski definition) is 1. The number of nitrogens with one attached hydrogen (secondary N) is 1. The van der Waals surface area contributed by atoms with Crippen LogP contribution in [0.2, 0.25) is 0 Å². The van der Waals surface area contributed by atoms with E-state index in [0.29, 0.717) is 0 Å². The van der Waals surface area contributed by atoms with Gasteiger partial charge in [-0.15, -0.1) is 0 Å². The first kappa shape index (κ1) is 12.2. The van der Waals surface area contributed by atoms with Crippen LogP contribution in [-0.2, 0) is 6.54 Å². The van der Waals surface area contributed by atoms with E-state index in [9.17, 15) is 0 Å². The predicted molar refractivity (Wildman–Crippen MR) is 68.6 cm³/mol. The Morgan fingerprint density at radius 2 is 2.12 bits per heavy atom. The summed E-state index contributed by atoms with van der Waals surface area (Å²) in [7, 11) is 1.68. The summed E-state index contributed by atoms with van der Waals surface area (Å²) in [6, 6.07) is 6.13. The van der Waals surface area contributed by atoms with Crippen molar-refractivity contribution in [3.8, 4) is 11.5 Å². The quantitative estimate of drug-likeness (QED) is 0.788. The molecule has 1 aromatic carbocycles. The highest BCUT2D eigenvalue weighted by Crippen LogP contribution is 2.33. The molecule has 1 aromatic rings. The van der Waals surface area contributed by atoms with E-state index < -0.39 is 0 Å². The van der Waals surface area contributed by atoms with Crippen LogP contribution in [0.5, 0.6) is 11.5 Å². The van der Waals surface area contributed by atoms with Gasteiger partial charge in [0.05, 0.1) is 13.7 Å². The van der Waals surface area contributed by atoms with E-state index in [-0.39, 0.29) is 0 Å². The maximum Gasteiger partial charge on any atom is 0.161 e. The molecule has 0 aliphatic heterocycles. The standard InChI is InChI=1S/C14H21NO2/c1-3-15-9-12-6-7-13(16-2)14(8-12)17-10-11-4-5-11/h6-8,11,15H,3-5,9-10H2,1-2H3. The van der Waals surface area contributed by atoms with E-state index >= 15 is 0 Å². The van der Waals surface area contributed by atoms with E-state index in [2.05, 4.69) is 24.4 Å². The van der Waals surface area contributed by atoms with Crippen molar-refractivity contribution in [2.45, 2.75) is 26.3 Å². The Hall–Kier alpha value is -1.22. The van der Waals surface area contributed by atoms with Crippen LogP contribution in [-0.4, -0.2) is 20.3 Å². The highest BCUT2D eigenvalue weighted by molar-refractivity contribution is 5.43. The van der Waals surface area contributed by atoms with Gasteiger partial charge in [-0.05, 0) is 43.0 Å². The van der Waals surface area contributed by atoms with Crippen LogP contribution >= 0.6 is 0 Å². The second-order valence-corrected chi connectivity index (χ2v) is 4.52. The molecule has 0 heterocycles. The zero-order valence-corrected chi connectivity index (χ0v) is 10.7. The number of hydrogen-bond acceptors (Lipinski definition) is 3. The summed E-state index contributed by atoms with van der Waals surface area (Å²) in [4.78, 5) is 0. The average molecular weight is 235 g/mol. The first-order valence-corrected chi connectivity index (χ1v) is 6.34. The van der Waals surface area contributed by atoms with Gasteiger partial charge in [0.2, 0.25) is 0 Å². The second-order valence-electron chi connectivity index (χ2n) is 4.52. The summed E-state index contributed by atoms with van der Waals surface area (Å²) >= 11 is 0. The first-order chi connectivity index (χ1) is 8.33. The predicted octanol–water partition coefficient (Wildman–Crippen LogP) is 2.59. The first-order valence-electron chi connectivity index (χ1n) is 6.34. The minimum atomic E-state index is 0.761. The van der Waals surface area contributed by atoms with Crippen LogP contribution in [0.3, 0.4) is 0 Å². The maximum atomic E-state index is 5.82. The zero-order valence-electron chi connectivity index (χ0n) is 10.7. The van der Waals surface area contributed by atoms with E-state index in [1.165, 1.54) is 18.4 Å². The third-order valence-corrected chi connectivity index (χ3v) is 2.98. The summed E-state index contributed by atoms with van der Waals surface area (Å²) in [5.41, 5.74) is 1.23. The van der Waals surface area contributed by atoms with Crippen molar-refractivity contribution in [2.75, 3.05) is 20.3 Å². The molecule has 3 heteroatoms. The Kier molecular flexibility index (Phi) is 4.26. The monoisotopic (exact) mass is 235 g/mol. The lowest BCUT2D eigenvalue weighted by atomic mass is 10.2. The topological polar surface area (TPSA) is 30.5 Å². The fourth-order valence-corrected chi connectivity index (χ4v) is 1.71. The molecular formula is C14H21NO2. The molecule has 1 fully saturated rings. The largest absolute Gasteiger partial charge is 0.493 e. The van der Waals surface area contributed by atoms with Gasteiger partial charge in [-0.1, -0.05) is 13.0 Å². The van der Waals surface area contributed by atoms with Gasteiger partial charge in [-0.25, -0.2) is 0 Å². The summed E-state index contributed by atoms with van der Waals surface area (Å²) < 4.78 is 11.1. The lowest BCUT2D eigenvalue weighted by Crippen LogP contribution is -2.12. The lowest BCUT2D eigenvalue weighted by Gasteiger charge is -2.12. The molecule has 0 spiro atoms. The Balaban J connectivity index is 2.01. The van der Waals surface area contributed by atoms with Crippen molar-refractivity contribution < 1.29 is 9.47 Å². The lowest BCUT2D eigenvalue weighted by molar-refractivity contribution is 0.280. The molecule has 1 aliphatic carbocycles. The van der Waals surface area contributed by atoms with E-state index in [4.69, 9.17) is 9.47 Å². The molecule has 3 nitrogen and oxygen atoms in total. The third kappa shape index (κ3) is 3.63. The number of rotatable bonds is 7. The highest BCUT2D eigenvalue weighted by atomic mass is 16.5. The minimum absolute atomic E-state index is 0.761. The van der Waals surface area contributed by atoms with Crippen LogP contribution in [0.1, 0.15) is 25.3 Å². The van der Waals surface area contributed by atoms with Gasteiger partial charge >= 0.3 is 0 Å². The van der Waals surface area contributed by atoms with Crippen molar-refractivity contribution in [2.24, 2.45) is 5.92 Å². The molecule has 0 radical (unpaired) electrons. The van der Waals surface area contributed by atoms with Gasteiger partial charge in [0, 0.05) is 6.54 Å². The molecule has 0 aromatic heterocycles. The van der Waals surface area contributed by atoms with Crippen LogP contribution in [0.25, 0.3) is 0 Å². The number of ether oxygens (including phenoxy) is 2. The molecule has 17 heavy (non-hydrogen) atoms. The highest BCUT2D eigenvalue weighted by Gasteiger charge is 2.22. The Morgan fingerprint density at radius 1 is 1.29 bits per heavy atom. The van der Waals surface area contributed by atoms with E-state index in [1.54, 1.807) is 7.11 Å². The molecule has 0 saturated heterocycles. The van der Waals surface area contributed by atoms with Crippen molar-refractivity contribution >= 4 is 0 Å². The van der Waals surface area contributed by atoms with Crippen LogP contribution in [0.4, 0.5) is 0 Å². The van der Waals surface area contributed by atoms with Crippen molar-refractivity contribution in [3.63, 3.8) is 0 Å². The van der Waals surface area contributed by atoms with Gasteiger partial charge in [-0.3, -0.25) is 0 Å². The third-order valence-electron chi connectivity index (χ3n) is 2.98. The molecule has 0 amide bonds. The fraction of sp³-hybridized carbons (Fsp3) is 0.571. The smallest absolute Gasteiger partial charge is 0.161 e. The Bertz CT molecular complexity index is 361. The molecule has 1 saturated carbocycles. The van der Waals surface area contributed by atoms with Crippen LogP contribution < -0.4 is 14.8 Å². The van der Waals surface area contributed by atoms with E-state index in [1.807, 2.05) is 6.07 Å². The number of benzene rings is 1. The Labute approximate surface area is 103 Å². The summed E-state index contributed by atoms with van der Waals surface area (Å²) in [6.45, 7) is 4.78. The Morgan fingerprint density at radius 3 is 2.76 bits per heavy atom. The van der Waals surface area contributed by atoms with Crippen molar-refractivity contribution in [1.29, 1.82) is 0 Å². The molecule has 1 N–H and O–H groups in total. The van der Waals surface area contributed by atoms with Gasteiger partial charge in [0.1, 0.15) is 0 Å². The van der Waals surface area contributed by atoms with Gasteiger partial charge in [-0.2, -0.15) is 0 Å². The summed E-state index contributed by atoms with van der Waals surface area (Å²) in [6.07, 6.45) is 2.61. The second kappa shape index (κ2) is 5.92. The number of methoxy groups -OCH3 is 1. The molecule has 2 rings (SSSR count). The SMILES string of the molecule is CCNCc1ccc(OC)c(OCC2CC2)c1. The summed E-state index contributed by atoms with van der Waals surface area (Å²) in [5, 5.41) is 3.31. The fourth-order valence-electron chi connectivity index (χ4n) is 1.71. The van der Waals surface area contributed by atoms with Gasteiger partial charge in [0.15, 0.2) is 11.5 Å². The maximum absolute atomic E-state index is 5.82. The summed E-state index contributed by atoms with van der Waals surface area (Å²) in [5.74, 6) is 2.46. The molecule has 0 bridgehead atoms. The average Bonchev–Trinajstić information content (AvgIpc) is 3.18. The molecule has 1 aliphatic rings. The minimum Gasteiger partial charge on any atom is -0.493 e. The molecular weight excluding hydrogens is 214 g/mol. The van der Waals surface area contributed by atoms with Gasteiger partial charge in [0.25, 0.3) is 0 Å². The molecule has 94 valence electrons. The molecule has 0 atom stereocenters.